The first-order valence-electron chi connectivity index (χ1n) is 10.3. The maximum absolute atomic E-state index is 13.6. The zero-order valence-electron chi connectivity index (χ0n) is 17.2. The number of aromatic amines is 1. The van der Waals surface area contributed by atoms with E-state index in [1.165, 1.54) is 12.1 Å². The lowest BCUT2D eigenvalue weighted by atomic mass is 9.91. The first-order chi connectivity index (χ1) is 14.1. The summed E-state index contributed by atoms with van der Waals surface area (Å²) in [6, 6.07) is 4.64. The zero-order chi connectivity index (χ0) is 20.4. The number of H-pyrrole nitrogens is 1. The zero-order valence-corrected chi connectivity index (χ0v) is 17.2. The Balaban J connectivity index is 1.76. The van der Waals surface area contributed by atoms with Crippen LogP contribution in [0.25, 0.3) is 16.5 Å². The molecule has 1 saturated heterocycles. The number of rotatable bonds is 6. The maximum Gasteiger partial charge on any atom is 0.208 e. The molecule has 156 valence electrons. The number of nitrogens with one attached hydrogen (secondary N) is 2. The number of hydrogen-bond acceptors (Lipinski definition) is 5. The molecule has 2 N–H and O–H groups in total. The SMILES string of the molecule is CCC(C)OC1(OC)C=C(c2n[nH]c3cc(F)ccc23)C=CC1N1CCNCC1. The van der Waals surface area contributed by atoms with E-state index >= 15 is 0 Å². The summed E-state index contributed by atoms with van der Waals surface area (Å²) < 4.78 is 26.1. The Morgan fingerprint density at radius 3 is 2.86 bits per heavy atom. The van der Waals surface area contributed by atoms with E-state index in [4.69, 9.17) is 9.47 Å². The third-order valence-corrected chi connectivity index (χ3v) is 5.85. The van der Waals surface area contributed by atoms with Gasteiger partial charge in [0.05, 0.1) is 23.4 Å². The minimum atomic E-state index is -0.915. The number of fused-ring (bicyclic) bond motifs is 1. The van der Waals surface area contributed by atoms with E-state index in [-0.39, 0.29) is 18.0 Å². The second kappa shape index (κ2) is 8.36. The number of ether oxygens (including phenoxy) is 2. The third-order valence-electron chi connectivity index (χ3n) is 5.85. The van der Waals surface area contributed by atoms with Crippen molar-refractivity contribution < 1.29 is 13.9 Å². The molecule has 29 heavy (non-hydrogen) atoms. The first-order valence-corrected chi connectivity index (χ1v) is 10.3. The fourth-order valence-corrected chi connectivity index (χ4v) is 4.10. The minimum Gasteiger partial charge on any atom is -0.348 e. The van der Waals surface area contributed by atoms with E-state index in [9.17, 15) is 4.39 Å². The number of allylic oxidation sites excluding steroid dienone is 2. The average Bonchev–Trinajstić information content (AvgIpc) is 3.17. The lowest BCUT2D eigenvalue weighted by molar-refractivity contribution is -0.237. The fourth-order valence-electron chi connectivity index (χ4n) is 4.10. The van der Waals surface area contributed by atoms with Gasteiger partial charge in [-0.3, -0.25) is 10.00 Å². The van der Waals surface area contributed by atoms with Crippen molar-refractivity contribution in [2.45, 2.75) is 38.2 Å². The summed E-state index contributed by atoms with van der Waals surface area (Å²) in [7, 11) is 1.70. The van der Waals surface area contributed by atoms with Gasteiger partial charge in [-0.25, -0.2) is 4.39 Å². The Kier molecular flexibility index (Phi) is 5.83. The van der Waals surface area contributed by atoms with Crippen LogP contribution in [0.15, 0.2) is 36.4 Å². The van der Waals surface area contributed by atoms with E-state index in [1.54, 1.807) is 13.2 Å². The van der Waals surface area contributed by atoms with Gasteiger partial charge in [0.25, 0.3) is 0 Å². The molecule has 1 aromatic heterocycles. The predicted octanol–water partition coefficient (Wildman–Crippen LogP) is 3.09. The minimum absolute atomic E-state index is 0.0324. The Morgan fingerprint density at radius 1 is 1.34 bits per heavy atom. The highest BCUT2D eigenvalue weighted by Crippen LogP contribution is 2.36. The molecular weight excluding hydrogens is 371 g/mol. The van der Waals surface area contributed by atoms with E-state index < -0.39 is 5.79 Å². The van der Waals surface area contributed by atoms with Crippen LogP contribution in [0.3, 0.4) is 0 Å². The standard InChI is InChI=1S/C22H29FN4O2/c1-4-15(2)29-22(28-3)14-16(5-8-20(22)27-11-9-24-10-12-27)21-18-7-6-17(23)13-19(18)25-26-21/h5-8,13-15,20,24H,4,9-12H2,1-3H3,(H,25,26). The second-order valence-corrected chi connectivity index (χ2v) is 7.71. The van der Waals surface area contributed by atoms with Gasteiger partial charge in [-0.2, -0.15) is 5.10 Å². The lowest BCUT2D eigenvalue weighted by Crippen LogP contribution is -2.59. The fraction of sp³-hybridized carbons (Fsp3) is 0.500. The van der Waals surface area contributed by atoms with E-state index in [2.05, 4.69) is 46.4 Å². The van der Waals surface area contributed by atoms with Crippen molar-refractivity contribution in [3.05, 3.63) is 47.9 Å². The number of methoxy groups -OCH3 is 1. The number of nitrogens with zero attached hydrogens (tertiary/aromatic N) is 2. The number of aromatic nitrogens is 2. The van der Waals surface area contributed by atoms with Gasteiger partial charge in [-0.15, -0.1) is 0 Å². The van der Waals surface area contributed by atoms with Gasteiger partial charge in [0.2, 0.25) is 5.79 Å². The molecule has 0 radical (unpaired) electrons. The highest BCUT2D eigenvalue weighted by molar-refractivity contribution is 5.93. The molecular formula is C22H29FN4O2. The first kappa shape index (κ1) is 20.2. The van der Waals surface area contributed by atoms with Crippen molar-refractivity contribution in [3.63, 3.8) is 0 Å². The Bertz CT molecular complexity index is 919. The van der Waals surface area contributed by atoms with Crippen molar-refractivity contribution in [1.82, 2.24) is 20.4 Å². The Morgan fingerprint density at radius 2 is 2.14 bits per heavy atom. The van der Waals surface area contributed by atoms with Gasteiger partial charge < -0.3 is 14.8 Å². The summed E-state index contributed by atoms with van der Waals surface area (Å²) in [6.07, 6.45) is 7.18. The van der Waals surface area contributed by atoms with Crippen molar-refractivity contribution in [2.24, 2.45) is 0 Å². The lowest BCUT2D eigenvalue weighted by Gasteiger charge is -2.46. The average molecular weight is 400 g/mol. The van der Waals surface area contributed by atoms with Crippen molar-refractivity contribution in [3.8, 4) is 0 Å². The predicted molar refractivity (Wildman–Crippen MR) is 112 cm³/mol. The molecule has 0 saturated carbocycles. The van der Waals surface area contributed by atoms with Gasteiger partial charge >= 0.3 is 0 Å². The number of benzene rings is 1. The number of piperazine rings is 1. The van der Waals surface area contributed by atoms with Crippen LogP contribution >= 0.6 is 0 Å². The van der Waals surface area contributed by atoms with Crippen LogP contribution in [-0.4, -0.2) is 66.3 Å². The Labute approximate surface area is 170 Å². The second-order valence-electron chi connectivity index (χ2n) is 7.71. The normalized spacial score (nSPS) is 26.6. The van der Waals surface area contributed by atoms with E-state index in [1.807, 2.05) is 6.08 Å². The summed E-state index contributed by atoms with van der Waals surface area (Å²) in [5, 5.41) is 11.7. The third kappa shape index (κ3) is 3.88. The molecule has 6 nitrogen and oxygen atoms in total. The molecule has 2 heterocycles. The smallest absolute Gasteiger partial charge is 0.208 e. The van der Waals surface area contributed by atoms with Gasteiger partial charge in [-0.1, -0.05) is 19.1 Å². The van der Waals surface area contributed by atoms with E-state index in [0.717, 1.165) is 49.3 Å². The molecule has 1 aromatic carbocycles. The molecule has 3 atom stereocenters. The van der Waals surface area contributed by atoms with Crippen molar-refractivity contribution >= 4 is 16.5 Å². The molecule has 1 fully saturated rings. The van der Waals surface area contributed by atoms with Crippen LogP contribution in [0.4, 0.5) is 4.39 Å². The highest BCUT2D eigenvalue weighted by Gasteiger charge is 2.44. The van der Waals surface area contributed by atoms with Gasteiger partial charge in [0.1, 0.15) is 5.82 Å². The van der Waals surface area contributed by atoms with Gasteiger partial charge in [0, 0.05) is 44.2 Å². The van der Waals surface area contributed by atoms with Gasteiger partial charge in [-0.05, 0) is 37.6 Å². The maximum atomic E-state index is 13.6. The molecule has 2 aliphatic rings. The number of halogens is 1. The molecule has 2 aromatic rings. The molecule has 0 spiro atoms. The highest BCUT2D eigenvalue weighted by atomic mass is 19.1. The summed E-state index contributed by atoms with van der Waals surface area (Å²) in [5.74, 6) is -1.20. The van der Waals surface area contributed by atoms with Crippen LogP contribution in [0.5, 0.6) is 0 Å². The Hall–Kier alpha value is -2.06. The molecule has 0 bridgehead atoms. The van der Waals surface area contributed by atoms with Crippen LogP contribution in [0.2, 0.25) is 0 Å². The monoisotopic (exact) mass is 400 g/mol. The topological polar surface area (TPSA) is 62.4 Å². The summed E-state index contributed by atoms with van der Waals surface area (Å²) in [6.45, 7) is 7.91. The van der Waals surface area contributed by atoms with Crippen LogP contribution in [0.1, 0.15) is 26.0 Å². The molecule has 4 rings (SSSR count). The number of hydrogen-bond donors (Lipinski definition) is 2. The van der Waals surface area contributed by atoms with E-state index in [0.29, 0.717) is 5.52 Å². The summed E-state index contributed by atoms with van der Waals surface area (Å²) in [5.41, 5.74) is 2.34. The molecule has 0 amide bonds. The molecule has 7 heteroatoms. The van der Waals surface area contributed by atoms with Crippen LogP contribution in [-0.2, 0) is 9.47 Å². The summed E-state index contributed by atoms with van der Waals surface area (Å²) in [4.78, 5) is 2.39. The van der Waals surface area contributed by atoms with Crippen molar-refractivity contribution in [1.29, 1.82) is 0 Å². The summed E-state index contributed by atoms with van der Waals surface area (Å²) >= 11 is 0. The molecule has 3 unspecified atom stereocenters. The van der Waals surface area contributed by atoms with Crippen LogP contribution < -0.4 is 5.32 Å². The molecule has 1 aliphatic carbocycles. The quantitative estimate of drug-likeness (QED) is 0.730. The largest absolute Gasteiger partial charge is 0.348 e. The van der Waals surface area contributed by atoms with Crippen molar-refractivity contribution in [2.75, 3.05) is 33.3 Å². The van der Waals surface area contributed by atoms with Gasteiger partial charge in [0.15, 0.2) is 0 Å². The molecule has 1 aliphatic heterocycles. The van der Waals surface area contributed by atoms with Crippen LogP contribution in [0, 0.1) is 5.82 Å².